The molecule has 23 heavy (non-hydrogen) atoms. The summed E-state index contributed by atoms with van der Waals surface area (Å²) in [5, 5.41) is 1.10. The molecule has 4 rings (SSSR count). The van der Waals surface area contributed by atoms with Gasteiger partial charge in [0.2, 0.25) is 5.95 Å². The molecule has 1 unspecified atom stereocenters. The number of nitrogens with zero attached hydrogens (tertiary/aromatic N) is 4. The number of para-hydroxylation sites is 1. The molecule has 3 aromatic rings. The molecule has 0 amide bonds. The van der Waals surface area contributed by atoms with Crippen molar-refractivity contribution in [2.45, 2.75) is 18.9 Å². The van der Waals surface area contributed by atoms with Crippen LogP contribution in [0.5, 0.6) is 0 Å². The molecule has 1 fully saturated rings. The largest absolute Gasteiger partial charge is 0.331 e. The number of anilines is 1. The fourth-order valence-corrected chi connectivity index (χ4v) is 3.10. The molecule has 1 aliphatic rings. The van der Waals surface area contributed by atoms with Crippen molar-refractivity contribution in [3.8, 4) is 0 Å². The number of nitrogens with one attached hydrogen (secondary N) is 1. The van der Waals surface area contributed by atoms with Crippen LogP contribution in [-0.2, 0) is 0 Å². The van der Waals surface area contributed by atoms with Gasteiger partial charge in [-0.25, -0.2) is 15.0 Å². The Morgan fingerprint density at radius 3 is 2.83 bits per heavy atom. The van der Waals surface area contributed by atoms with E-state index in [-0.39, 0.29) is 11.6 Å². The van der Waals surface area contributed by atoms with E-state index in [0.717, 1.165) is 19.4 Å². The summed E-state index contributed by atoms with van der Waals surface area (Å²) in [4.78, 5) is 30.5. The van der Waals surface area contributed by atoms with Crippen molar-refractivity contribution < 1.29 is 0 Å². The van der Waals surface area contributed by atoms with Gasteiger partial charge in [-0.3, -0.25) is 4.79 Å². The predicted octanol–water partition coefficient (Wildman–Crippen LogP) is 2.71. The average Bonchev–Trinajstić information content (AvgIpc) is 3.05. The lowest BCUT2D eigenvalue weighted by atomic mass is 10.2. The first-order valence-corrected chi connectivity index (χ1v) is 7.83. The number of aromatic nitrogens is 4. The molecule has 116 valence electrons. The number of aromatic amines is 1. The Bertz CT molecular complexity index is 908. The van der Waals surface area contributed by atoms with Crippen LogP contribution in [0.3, 0.4) is 0 Å². The summed E-state index contributed by atoms with van der Waals surface area (Å²) in [6, 6.07) is 7.31. The summed E-state index contributed by atoms with van der Waals surface area (Å²) in [5.41, 5.74) is 0.588. The Morgan fingerprint density at radius 1 is 1.22 bits per heavy atom. The zero-order chi connectivity index (χ0) is 15.8. The molecule has 0 bridgehead atoms. The van der Waals surface area contributed by atoms with Gasteiger partial charge in [-0.15, -0.1) is 0 Å². The smallest absolute Gasteiger partial charge is 0.258 e. The van der Waals surface area contributed by atoms with Crippen LogP contribution in [0.2, 0.25) is 5.02 Å². The molecule has 1 aliphatic heterocycles. The van der Waals surface area contributed by atoms with E-state index in [2.05, 4.69) is 24.8 Å². The second kappa shape index (κ2) is 5.62. The van der Waals surface area contributed by atoms with E-state index >= 15 is 0 Å². The van der Waals surface area contributed by atoms with Gasteiger partial charge in [-0.1, -0.05) is 23.7 Å². The lowest BCUT2D eigenvalue weighted by Crippen LogP contribution is -2.27. The highest BCUT2D eigenvalue weighted by Gasteiger charge is 2.30. The van der Waals surface area contributed by atoms with Gasteiger partial charge in [0.25, 0.3) is 5.56 Å². The Labute approximate surface area is 137 Å². The van der Waals surface area contributed by atoms with Crippen LogP contribution >= 0.6 is 11.6 Å². The van der Waals surface area contributed by atoms with Crippen LogP contribution in [0.4, 0.5) is 5.95 Å². The van der Waals surface area contributed by atoms with Gasteiger partial charge < -0.3 is 9.88 Å². The quantitative estimate of drug-likeness (QED) is 0.783. The van der Waals surface area contributed by atoms with E-state index < -0.39 is 0 Å². The molecule has 0 spiro atoms. The Balaban J connectivity index is 1.77. The first-order chi connectivity index (χ1) is 11.2. The van der Waals surface area contributed by atoms with Gasteiger partial charge in [0.15, 0.2) is 0 Å². The SMILES string of the molecule is O=c1[nH]c(C2CCCN2c2ncc(Cl)cn2)nc2ccccc12. The summed E-state index contributed by atoms with van der Waals surface area (Å²) in [6.45, 7) is 0.822. The summed E-state index contributed by atoms with van der Waals surface area (Å²) >= 11 is 5.85. The molecule has 1 aromatic carbocycles. The molecule has 0 aliphatic carbocycles. The minimum absolute atomic E-state index is 0.0338. The van der Waals surface area contributed by atoms with Crippen molar-refractivity contribution in [3.05, 3.63) is 57.9 Å². The summed E-state index contributed by atoms with van der Waals surface area (Å²) in [6.07, 6.45) is 5.05. The molecule has 2 aromatic heterocycles. The first-order valence-electron chi connectivity index (χ1n) is 7.45. The van der Waals surface area contributed by atoms with Gasteiger partial charge in [0, 0.05) is 6.54 Å². The standard InChI is InChI=1S/C16H14ClN5O/c17-10-8-18-16(19-9-10)22-7-3-6-13(22)14-20-12-5-2-1-4-11(12)15(23)21-14/h1-2,4-5,8-9,13H,3,6-7H2,(H,20,21,23). The fraction of sp³-hybridized carbons (Fsp3) is 0.250. The van der Waals surface area contributed by atoms with Crippen LogP contribution in [0.15, 0.2) is 41.5 Å². The number of hydrogen-bond acceptors (Lipinski definition) is 5. The number of fused-ring (bicyclic) bond motifs is 1. The number of rotatable bonds is 2. The minimum atomic E-state index is -0.116. The maximum atomic E-state index is 12.3. The molecule has 3 heterocycles. The average molecular weight is 328 g/mol. The van der Waals surface area contributed by atoms with Crippen LogP contribution in [0.25, 0.3) is 10.9 Å². The minimum Gasteiger partial charge on any atom is -0.331 e. The van der Waals surface area contributed by atoms with Crippen LogP contribution in [0.1, 0.15) is 24.7 Å². The van der Waals surface area contributed by atoms with Crippen molar-refractivity contribution in [3.63, 3.8) is 0 Å². The van der Waals surface area contributed by atoms with Gasteiger partial charge in [0.05, 0.1) is 34.4 Å². The Morgan fingerprint density at radius 2 is 2.00 bits per heavy atom. The molecular weight excluding hydrogens is 314 g/mol. The molecule has 7 heteroatoms. The van der Waals surface area contributed by atoms with Gasteiger partial charge >= 0.3 is 0 Å². The molecule has 1 saturated heterocycles. The van der Waals surface area contributed by atoms with Gasteiger partial charge in [-0.2, -0.15) is 0 Å². The first kappa shape index (κ1) is 14.1. The van der Waals surface area contributed by atoms with Gasteiger partial charge in [0.1, 0.15) is 5.82 Å². The lowest BCUT2D eigenvalue weighted by Gasteiger charge is -2.23. The van der Waals surface area contributed by atoms with E-state index in [0.29, 0.717) is 27.7 Å². The highest BCUT2D eigenvalue weighted by molar-refractivity contribution is 6.30. The van der Waals surface area contributed by atoms with Crippen molar-refractivity contribution in [1.82, 2.24) is 19.9 Å². The molecule has 1 N–H and O–H groups in total. The van der Waals surface area contributed by atoms with E-state index in [1.165, 1.54) is 0 Å². The van der Waals surface area contributed by atoms with E-state index in [9.17, 15) is 4.79 Å². The Kier molecular flexibility index (Phi) is 3.46. The zero-order valence-electron chi connectivity index (χ0n) is 12.2. The van der Waals surface area contributed by atoms with Crippen molar-refractivity contribution >= 4 is 28.5 Å². The number of hydrogen-bond donors (Lipinski definition) is 1. The van der Waals surface area contributed by atoms with Crippen LogP contribution in [0, 0.1) is 0 Å². The topological polar surface area (TPSA) is 74.8 Å². The molecule has 6 nitrogen and oxygen atoms in total. The molecule has 0 radical (unpaired) electrons. The zero-order valence-corrected chi connectivity index (χ0v) is 13.0. The lowest BCUT2D eigenvalue weighted by molar-refractivity contribution is 0.654. The van der Waals surface area contributed by atoms with Gasteiger partial charge in [-0.05, 0) is 25.0 Å². The maximum Gasteiger partial charge on any atom is 0.258 e. The third-order valence-electron chi connectivity index (χ3n) is 4.06. The van der Waals surface area contributed by atoms with Crippen LogP contribution < -0.4 is 10.5 Å². The number of H-pyrrole nitrogens is 1. The van der Waals surface area contributed by atoms with E-state index in [1.54, 1.807) is 18.5 Å². The highest BCUT2D eigenvalue weighted by Crippen LogP contribution is 2.32. The maximum absolute atomic E-state index is 12.3. The second-order valence-corrected chi connectivity index (χ2v) is 5.96. The molecule has 0 saturated carbocycles. The third kappa shape index (κ3) is 2.55. The van der Waals surface area contributed by atoms with Crippen molar-refractivity contribution in [1.29, 1.82) is 0 Å². The summed E-state index contributed by atoms with van der Waals surface area (Å²) in [7, 11) is 0. The van der Waals surface area contributed by atoms with Crippen molar-refractivity contribution in [2.75, 3.05) is 11.4 Å². The van der Waals surface area contributed by atoms with E-state index in [1.807, 2.05) is 18.2 Å². The van der Waals surface area contributed by atoms with Crippen LogP contribution in [-0.4, -0.2) is 26.5 Å². The second-order valence-electron chi connectivity index (χ2n) is 5.52. The number of halogens is 1. The van der Waals surface area contributed by atoms with E-state index in [4.69, 9.17) is 11.6 Å². The molecular formula is C16H14ClN5O. The summed E-state index contributed by atoms with van der Waals surface area (Å²) < 4.78 is 0. The summed E-state index contributed by atoms with van der Waals surface area (Å²) in [5.74, 6) is 1.26. The Hall–Kier alpha value is -2.47. The monoisotopic (exact) mass is 327 g/mol. The molecule has 1 atom stereocenters. The normalized spacial score (nSPS) is 17.8. The highest BCUT2D eigenvalue weighted by atomic mass is 35.5. The number of benzene rings is 1. The fourth-order valence-electron chi connectivity index (χ4n) is 3.01. The third-order valence-corrected chi connectivity index (χ3v) is 4.26. The van der Waals surface area contributed by atoms with Crippen molar-refractivity contribution in [2.24, 2.45) is 0 Å². The predicted molar refractivity (Wildman–Crippen MR) is 88.7 cm³/mol.